The number of benzene rings is 4. The second-order valence-electron chi connectivity index (χ2n) is 11.7. The summed E-state index contributed by atoms with van der Waals surface area (Å²) in [6.07, 6.45) is 9.85. The molecule has 2 heterocycles. The highest BCUT2D eigenvalue weighted by molar-refractivity contribution is 7.33. The summed E-state index contributed by atoms with van der Waals surface area (Å²) in [5.41, 5.74) is 8.25. The molecule has 0 saturated carbocycles. The van der Waals surface area contributed by atoms with Crippen LogP contribution in [0.1, 0.15) is 22.3 Å². The molecule has 2 aromatic heterocycles. The van der Waals surface area contributed by atoms with Crippen LogP contribution in [-0.2, 0) is 50.5 Å². The number of anilines is 2. The number of nitrogens with zero attached hydrogens (tertiary/aromatic N) is 4. The van der Waals surface area contributed by atoms with E-state index in [-0.39, 0.29) is 25.0 Å². The molecule has 0 atom stereocenters. The molecule has 6 rings (SSSR count). The van der Waals surface area contributed by atoms with Gasteiger partial charge in [0.2, 0.25) is 11.8 Å². The smallest absolute Gasteiger partial charge is 0.323 e. The zero-order valence-corrected chi connectivity index (χ0v) is 29.4. The lowest BCUT2D eigenvalue weighted by molar-refractivity contribution is -0.112. The number of rotatable bonds is 14. The van der Waals surface area contributed by atoms with Gasteiger partial charge in [0.05, 0.1) is 23.8 Å². The van der Waals surface area contributed by atoms with Crippen molar-refractivity contribution in [3.8, 4) is 22.5 Å². The van der Waals surface area contributed by atoms with E-state index < -0.39 is 8.25 Å². The molecule has 12 heteroatoms. The van der Waals surface area contributed by atoms with Gasteiger partial charge in [-0.3, -0.25) is 19.0 Å². The first-order valence-electron chi connectivity index (χ1n) is 16.4. The molecule has 0 aliphatic carbocycles. The van der Waals surface area contributed by atoms with E-state index >= 15 is 0 Å². The fraction of sp³-hybridized carbons (Fsp3) is 0.100. The Labute approximate surface area is 302 Å². The SMILES string of the molecule is Cn1ncc(/C=C/C(=O)Nc2ccc(CO[P+](=O)OCc3ccc(NC(=O)/C=C/c4cnn(C)c4-c4ccccc4)cc3)cc2)c1-c1ccccc1. The average molecular weight is 712 g/mol. The van der Waals surface area contributed by atoms with Gasteiger partial charge in [0.1, 0.15) is 13.2 Å². The van der Waals surface area contributed by atoms with Gasteiger partial charge in [-0.2, -0.15) is 10.2 Å². The van der Waals surface area contributed by atoms with Crippen molar-refractivity contribution in [1.29, 1.82) is 0 Å². The third-order valence-corrected chi connectivity index (χ3v) is 8.65. The fourth-order valence-corrected chi connectivity index (χ4v) is 5.99. The average Bonchev–Trinajstić information content (AvgIpc) is 3.74. The zero-order valence-electron chi connectivity index (χ0n) is 28.5. The van der Waals surface area contributed by atoms with E-state index in [1.165, 1.54) is 12.2 Å². The number of carbonyl (C=O) groups excluding carboxylic acids is 2. The topological polar surface area (TPSA) is 129 Å². The van der Waals surface area contributed by atoms with E-state index in [2.05, 4.69) is 20.8 Å². The van der Waals surface area contributed by atoms with Gasteiger partial charge >= 0.3 is 8.25 Å². The molecule has 6 aromatic rings. The van der Waals surface area contributed by atoms with Crippen LogP contribution >= 0.6 is 8.25 Å². The Hall–Kier alpha value is -6.26. The second kappa shape index (κ2) is 17.1. The lowest BCUT2D eigenvalue weighted by Gasteiger charge is -2.05. The van der Waals surface area contributed by atoms with E-state index in [0.29, 0.717) is 11.4 Å². The van der Waals surface area contributed by atoms with Crippen LogP contribution in [0.25, 0.3) is 34.7 Å². The van der Waals surface area contributed by atoms with E-state index in [1.807, 2.05) is 74.8 Å². The first-order valence-corrected chi connectivity index (χ1v) is 17.5. The summed E-state index contributed by atoms with van der Waals surface area (Å²) >= 11 is 0. The van der Waals surface area contributed by atoms with Gasteiger partial charge in [-0.15, -0.1) is 9.05 Å². The van der Waals surface area contributed by atoms with E-state index in [9.17, 15) is 14.2 Å². The zero-order chi connectivity index (χ0) is 36.3. The first-order chi connectivity index (χ1) is 25.3. The van der Waals surface area contributed by atoms with Crippen molar-refractivity contribution in [3.05, 3.63) is 156 Å². The van der Waals surface area contributed by atoms with Gasteiger partial charge < -0.3 is 10.6 Å². The Balaban J connectivity index is 0.919. The molecule has 0 bridgehead atoms. The van der Waals surface area contributed by atoms with Crippen LogP contribution < -0.4 is 10.6 Å². The lowest BCUT2D eigenvalue weighted by atomic mass is 10.1. The molecule has 11 nitrogen and oxygen atoms in total. The largest absolute Gasteiger partial charge is 0.698 e. The van der Waals surface area contributed by atoms with Crippen LogP contribution in [0, 0.1) is 0 Å². The molecular weight excluding hydrogens is 675 g/mol. The minimum atomic E-state index is -2.38. The number of aromatic nitrogens is 4. The van der Waals surface area contributed by atoms with Gasteiger partial charge in [0, 0.05) is 64.4 Å². The molecule has 0 aliphatic rings. The van der Waals surface area contributed by atoms with E-state index in [4.69, 9.17) is 9.05 Å². The Morgan fingerprint density at radius 2 is 1.00 bits per heavy atom. The van der Waals surface area contributed by atoms with Crippen molar-refractivity contribution in [1.82, 2.24) is 19.6 Å². The van der Waals surface area contributed by atoms with Crippen LogP contribution in [0.4, 0.5) is 11.4 Å². The highest BCUT2D eigenvalue weighted by atomic mass is 31.1. The third kappa shape index (κ3) is 9.49. The number of hydrogen-bond acceptors (Lipinski definition) is 7. The molecule has 0 fully saturated rings. The van der Waals surface area contributed by atoms with Crippen molar-refractivity contribution in [2.24, 2.45) is 14.1 Å². The summed E-state index contributed by atoms with van der Waals surface area (Å²) in [6, 6.07) is 33.8. The van der Waals surface area contributed by atoms with Gasteiger partial charge in [0.25, 0.3) is 0 Å². The normalized spacial score (nSPS) is 11.3. The number of carbonyl (C=O) groups is 2. The van der Waals surface area contributed by atoms with Gasteiger partial charge in [-0.05, 0) is 47.5 Å². The molecule has 52 heavy (non-hydrogen) atoms. The molecular formula is C40H36N6O5P+. The minimum Gasteiger partial charge on any atom is -0.323 e. The van der Waals surface area contributed by atoms with Crippen LogP contribution in [0.15, 0.2) is 134 Å². The molecule has 0 saturated heterocycles. The second-order valence-corrected chi connectivity index (χ2v) is 12.6. The maximum absolute atomic E-state index is 12.6. The van der Waals surface area contributed by atoms with Crippen LogP contribution in [0.2, 0.25) is 0 Å². The summed E-state index contributed by atoms with van der Waals surface area (Å²) in [4.78, 5) is 25.2. The Bertz CT molecular complexity index is 2050. The monoisotopic (exact) mass is 711 g/mol. The Morgan fingerprint density at radius 1 is 0.615 bits per heavy atom. The highest BCUT2D eigenvalue weighted by Gasteiger charge is 2.21. The maximum Gasteiger partial charge on any atom is 0.698 e. The standard InChI is InChI=1S/C40H35N6O5P/c1-45-39(31-9-5-3-6-10-31)33(25-41-45)17-23-37(47)43-35-19-13-29(14-20-35)27-50-52(49)51-28-30-15-21-36(22-16-30)44-38(48)24-18-34-26-42-46(2)40(34)32-11-7-4-8-12-32/h3-26H,27-28H2,1-2H3,(H-,43,44,47,48)/p+1/b23-17+,24-18+. The Kier molecular flexibility index (Phi) is 11.7. The van der Waals surface area contributed by atoms with E-state index in [0.717, 1.165) is 44.8 Å². The van der Waals surface area contributed by atoms with Gasteiger partial charge in [-0.1, -0.05) is 84.9 Å². The van der Waals surface area contributed by atoms with Crippen LogP contribution in [0.3, 0.4) is 0 Å². The lowest BCUT2D eigenvalue weighted by Crippen LogP contribution is -2.07. The molecule has 4 aromatic carbocycles. The maximum atomic E-state index is 12.6. The molecule has 260 valence electrons. The molecule has 0 aliphatic heterocycles. The molecule has 0 radical (unpaired) electrons. The van der Waals surface area contributed by atoms with Crippen molar-refractivity contribution in [3.63, 3.8) is 0 Å². The first kappa shape index (κ1) is 35.6. The minimum absolute atomic E-state index is 0.0664. The molecule has 2 amide bonds. The summed E-state index contributed by atoms with van der Waals surface area (Å²) in [5.74, 6) is -0.567. The quantitative estimate of drug-likeness (QED) is 0.0861. The van der Waals surface area contributed by atoms with Crippen molar-refractivity contribution in [2.75, 3.05) is 10.6 Å². The van der Waals surface area contributed by atoms with Gasteiger partial charge in [-0.25, -0.2) is 0 Å². The van der Waals surface area contributed by atoms with Crippen LogP contribution in [0.5, 0.6) is 0 Å². The summed E-state index contributed by atoms with van der Waals surface area (Å²) in [5, 5.41) is 14.3. The third-order valence-electron chi connectivity index (χ3n) is 7.97. The number of nitrogens with one attached hydrogen (secondary N) is 2. The fourth-order valence-electron chi connectivity index (χ4n) is 5.41. The highest BCUT2D eigenvalue weighted by Crippen LogP contribution is 2.29. The van der Waals surface area contributed by atoms with Crippen molar-refractivity contribution < 1.29 is 23.2 Å². The predicted molar refractivity (Wildman–Crippen MR) is 203 cm³/mol. The van der Waals surface area contributed by atoms with E-state index in [1.54, 1.807) is 82.4 Å². The van der Waals surface area contributed by atoms with Crippen molar-refractivity contribution >= 4 is 43.6 Å². The van der Waals surface area contributed by atoms with Gasteiger partial charge in [0.15, 0.2) is 0 Å². The molecule has 0 spiro atoms. The molecule has 2 N–H and O–H groups in total. The number of hydrogen-bond donors (Lipinski definition) is 2. The summed E-state index contributed by atoms with van der Waals surface area (Å²) < 4.78 is 26.7. The van der Waals surface area contributed by atoms with Crippen molar-refractivity contribution in [2.45, 2.75) is 13.2 Å². The number of aryl methyl sites for hydroxylation is 2. The van der Waals surface area contributed by atoms with Crippen LogP contribution in [-0.4, -0.2) is 31.4 Å². The summed E-state index contributed by atoms with van der Waals surface area (Å²) in [7, 11) is 1.34. The summed E-state index contributed by atoms with van der Waals surface area (Å²) in [6.45, 7) is 0.133. The Morgan fingerprint density at radius 3 is 1.38 bits per heavy atom. The molecule has 0 unspecified atom stereocenters. The predicted octanol–water partition coefficient (Wildman–Crippen LogP) is 8.18. The number of amides is 2.